The number of carboxylic acid groups (broad SMARTS) is 1. The molecule has 0 amide bonds. The summed E-state index contributed by atoms with van der Waals surface area (Å²) in [6.45, 7) is 2.45. The molecule has 0 heterocycles. The van der Waals surface area contributed by atoms with E-state index in [4.69, 9.17) is 9.84 Å². The van der Waals surface area contributed by atoms with Gasteiger partial charge < -0.3 is 14.9 Å². The summed E-state index contributed by atoms with van der Waals surface area (Å²) in [4.78, 5) is 21.7. The third kappa shape index (κ3) is 16.6. The summed E-state index contributed by atoms with van der Waals surface area (Å²) < 4.78 is 5.03. The molecule has 2 N–H and O–H groups in total. The van der Waals surface area contributed by atoms with Gasteiger partial charge in [0.2, 0.25) is 0 Å². The van der Waals surface area contributed by atoms with Crippen LogP contribution in [0.5, 0.6) is 0 Å². The summed E-state index contributed by atoms with van der Waals surface area (Å²) >= 11 is 0. The zero-order valence-electron chi connectivity index (χ0n) is 14.1. The normalized spacial score (nSPS) is 12.8. The van der Waals surface area contributed by atoms with E-state index < -0.39 is 12.1 Å². The van der Waals surface area contributed by atoms with Crippen LogP contribution in [0, 0.1) is 0 Å². The molecule has 0 aromatic rings. The topological polar surface area (TPSA) is 83.8 Å². The van der Waals surface area contributed by atoms with E-state index >= 15 is 0 Å². The van der Waals surface area contributed by atoms with Crippen molar-refractivity contribution in [3.05, 3.63) is 24.3 Å². The Kier molecular flexibility index (Phi) is 14.2. The summed E-state index contributed by atoms with van der Waals surface area (Å²) in [5.41, 5.74) is 0. The molecule has 1 atom stereocenters. The Hall–Kier alpha value is -1.62. The minimum absolute atomic E-state index is 0.0899. The van der Waals surface area contributed by atoms with Gasteiger partial charge in [0.25, 0.3) is 0 Å². The highest BCUT2D eigenvalue weighted by atomic mass is 16.5. The van der Waals surface area contributed by atoms with E-state index in [2.05, 4.69) is 6.92 Å². The molecule has 0 aromatic heterocycles. The van der Waals surface area contributed by atoms with Gasteiger partial charge in [-0.05, 0) is 25.7 Å². The third-order valence-corrected chi connectivity index (χ3v) is 3.25. The maximum atomic E-state index is 11.4. The van der Waals surface area contributed by atoms with Crippen molar-refractivity contribution >= 4 is 11.9 Å². The van der Waals surface area contributed by atoms with E-state index in [-0.39, 0.29) is 18.8 Å². The monoisotopic (exact) mass is 326 g/mol. The second kappa shape index (κ2) is 15.3. The molecule has 0 bridgehead atoms. The first-order valence-corrected chi connectivity index (χ1v) is 8.45. The maximum Gasteiger partial charge on any atom is 0.305 e. The quantitative estimate of drug-likeness (QED) is 0.289. The molecule has 0 aliphatic rings. The average molecular weight is 326 g/mol. The molecule has 0 aliphatic heterocycles. The maximum absolute atomic E-state index is 11.4. The summed E-state index contributed by atoms with van der Waals surface area (Å²) in [6.07, 6.45) is 13.0. The SMILES string of the molecule is CCCCCC(O)C=CC=CCCOC(=O)CCCCC(=O)O. The highest BCUT2D eigenvalue weighted by molar-refractivity contribution is 5.69. The van der Waals surface area contributed by atoms with Crippen molar-refractivity contribution in [3.8, 4) is 0 Å². The van der Waals surface area contributed by atoms with Crippen LogP contribution in [0.2, 0.25) is 0 Å². The van der Waals surface area contributed by atoms with Gasteiger partial charge in [0.1, 0.15) is 0 Å². The number of hydrogen-bond acceptors (Lipinski definition) is 4. The van der Waals surface area contributed by atoms with Crippen molar-refractivity contribution in [2.24, 2.45) is 0 Å². The van der Waals surface area contributed by atoms with Gasteiger partial charge in [-0.25, -0.2) is 0 Å². The molecule has 23 heavy (non-hydrogen) atoms. The van der Waals surface area contributed by atoms with Gasteiger partial charge in [0.05, 0.1) is 12.7 Å². The average Bonchev–Trinajstić information content (AvgIpc) is 2.50. The number of aliphatic hydroxyl groups is 1. The Bertz CT molecular complexity index is 374. The Morgan fingerprint density at radius 2 is 1.83 bits per heavy atom. The highest BCUT2D eigenvalue weighted by Gasteiger charge is 2.03. The number of rotatable bonds is 14. The molecule has 5 heteroatoms. The van der Waals surface area contributed by atoms with E-state index in [0.29, 0.717) is 25.9 Å². The molecular formula is C18H30O5. The first-order valence-electron chi connectivity index (χ1n) is 8.45. The van der Waals surface area contributed by atoms with Gasteiger partial charge >= 0.3 is 11.9 Å². The van der Waals surface area contributed by atoms with Crippen LogP contribution in [0.3, 0.4) is 0 Å². The molecule has 0 radical (unpaired) electrons. The molecule has 0 saturated heterocycles. The van der Waals surface area contributed by atoms with E-state index in [1.165, 1.54) is 0 Å². The van der Waals surface area contributed by atoms with Crippen LogP contribution in [-0.4, -0.2) is 34.9 Å². The van der Waals surface area contributed by atoms with Gasteiger partial charge in [-0.15, -0.1) is 0 Å². The molecule has 0 spiro atoms. The summed E-state index contributed by atoms with van der Waals surface area (Å²) in [6, 6.07) is 0. The third-order valence-electron chi connectivity index (χ3n) is 3.25. The van der Waals surface area contributed by atoms with E-state index in [0.717, 1.165) is 25.7 Å². The van der Waals surface area contributed by atoms with E-state index in [9.17, 15) is 14.7 Å². The number of allylic oxidation sites excluding steroid dienone is 2. The van der Waals surface area contributed by atoms with Crippen LogP contribution in [0.25, 0.3) is 0 Å². The summed E-state index contributed by atoms with van der Waals surface area (Å²) in [5, 5.41) is 18.1. The predicted octanol–water partition coefficient (Wildman–Crippen LogP) is 3.62. The molecule has 1 unspecified atom stereocenters. The number of ether oxygens (including phenoxy) is 1. The van der Waals surface area contributed by atoms with Gasteiger partial charge in [0, 0.05) is 12.8 Å². The lowest BCUT2D eigenvalue weighted by atomic mass is 10.1. The second-order valence-corrected chi connectivity index (χ2v) is 5.49. The standard InChI is InChI=1S/C18H30O5/c1-2-3-6-11-16(19)12-7-4-5-10-15-23-18(22)14-9-8-13-17(20)21/h4-5,7,12,16,19H,2-3,6,8-11,13-15H2,1H3,(H,20,21). The zero-order chi connectivity index (χ0) is 17.3. The predicted molar refractivity (Wildman–Crippen MR) is 90.1 cm³/mol. The Morgan fingerprint density at radius 3 is 2.52 bits per heavy atom. The van der Waals surface area contributed by atoms with Crippen LogP contribution in [0.4, 0.5) is 0 Å². The summed E-state index contributed by atoms with van der Waals surface area (Å²) in [7, 11) is 0. The number of carbonyl (C=O) groups is 2. The van der Waals surface area contributed by atoms with Gasteiger partial charge in [-0.3, -0.25) is 9.59 Å². The number of carboxylic acids is 1. The number of carbonyl (C=O) groups excluding carboxylic acids is 1. The van der Waals surface area contributed by atoms with Crippen molar-refractivity contribution in [3.63, 3.8) is 0 Å². The fraction of sp³-hybridized carbons (Fsp3) is 0.667. The van der Waals surface area contributed by atoms with Crippen molar-refractivity contribution in [2.75, 3.05) is 6.61 Å². The van der Waals surface area contributed by atoms with Gasteiger partial charge in [-0.1, -0.05) is 50.5 Å². The molecule has 5 nitrogen and oxygen atoms in total. The van der Waals surface area contributed by atoms with Crippen LogP contribution >= 0.6 is 0 Å². The van der Waals surface area contributed by atoms with E-state index in [1.807, 2.05) is 18.2 Å². The Balaban J connectivity index is 3.55. The fourth-order valence-electron chi connectivity index (χ4n) is 1.93. The van der Waals surface area contributed by atoms with Crippen molar-refractivity contribution in [1.82, 2.24) is 0 Å². The fourth-order valence-corrected chi connectivity index (χ4v) is 1.93. The van der Waals surface area contributed by atoms with Gasteiger partial charge in [-0.2, -0.15) is 0 Å². The second-order valence-electron chi connectivity index (χ2n) is 5.49. The molecule has 0 rings (SSSR count). The lowest BCUT2D eigenvalue weighted by Crippen LogP contribution is -2.05. The van der Waals surface area contributed by atoms with Crippen molar-refractivity contribution < 1.29 is 24.5 Å². The number of unbranched alkanes of at least 4 members (excludes halogenated alkanes) is 3. The minimum Gasteiger partial charge on any atom is -0.481 e. The summed E-state index contributed by atoms with van der Waals surface area (Å²) in [5.74, 6) is -1.13. The van der Waals surface area contributed by atoms with Crippen molar-refractivity contribution in [1.29, 1.82) is 0 Å². The lowest BCUT2D eigenvalue weighted by molar-refractivity contribution is -0.144. The van der Waals surface area contributed by atoms with Crippen LogP contribution in [0.1, 0.15) is 64.7 Å². The molecule has 0 aromatic carbocycles. The van der Waals surface area contributed by atoms with Crippen LogP contribution in [-0.2, 0) is 14.3 Å². The Labute approximate surface area is 139 Å². The first kappa shape index (κ1) is 21.4. The number of esters is 1. The van der Waals surface area contributed by atoms with Crippen molar-refractivity contribution in [2.45, 2.75) is 70.8 Å². The first-order chi connectivity index (χ1) is 11.1. The number of aliphatic hydroxyl groups excluding tert-OH is 1. The molecule has 0 aliphatic carbocycles. The lowest BCUT2D eigenvalue weighted by Gasteiger charge is -2.03. The minimum atomic E-state index is -0.841. The molecular weight excluding hydrogens is 296 g/mol. The van der Waals surface area contributed by atoms with Crippen LogP contribution < -0.4 is 0 Å². The van der Waals surface area contributed by atoms with Crippen LogP contribution in [0.15, 0.2) is 24.3 Å². The number of aliphatic carboxylic acids is 1. The van der Waals surface area contributed by atoms with Gasteiger partial charge in [0.15, 0.2) is 0 Å². The van der Waals surface area contributed by atoms with E-state index in [1.54, 1.807) is 6.08 Å². The molecule has 132 valence electrons. The molecule has 0 saturated carbocycles. The molecule has 0 fully saturated rings. The highest BCUT2D eigenvalue weighted by Crippen LogP contribution is 2.04. The Morgan fingerprint density at radius 1 is 1.09 bits per heavy atom. The zero-order valence-corrected chi connectivity index (χ0v) is 14.1. The number of hydrogen-bond donors (Lipinski definition) is 2. The largest absolute Gasteiger partial charge is 0.481 e. The smallest absolute Gasteiger partial charge is 0.305 e.